The van der Waals surface area contributed by atoms with Gasteiger partial charge in [0.15, 0.2) is 0 Å². The van der Waals surface area contributed by atoms with Crippen molar-refractivity contribution in [3.8, 4) is 0 Å². The first-order valence-electron chi connectivity index (χ1n) is 5.74. The number of amides is 1. The van der Waals surface area contributed by atoms with E-state index in [0.717, 1.165) is 13.1 Å². The highest BCUT2D eigenvalue weighted by Crippen LogP contribution is 2.10. The summed E-state index contributed by atoms with van der Waals surface area (Å²) in [6.45, 7) is 6.17. The summed E-state index contributed by atoms with van der Waals surface area (Å²) in [6.07, 6.45) is 1.26. The van der Waals surface area contributed by atoms with Gasteiger partial charge in [-0.1, -0.05) is 13.8 Å². The van der Waals surface area contributed by atoms with Crippen LogP contribution in [0.4, 0.5) is 0 Å². The molecule has 0 spiro atoms. The van der Waals surface area contributed by atoms with Crippen molar-refractivity contribution in [2.45, 2.75) is 32.7 Å². The van der Waals surface area contributed by atoms with E-state index in [0.29, 0.717) is 24.7 Å². The minimum atomic E-state index is 0.107. The standard InChI is InChI=1S/C11H22N2O2/c1-8(2)10(3-4-14)13-11(15)5-9-6-12-7-9/h8-10,12,14H,3-7H2,1-2H3,(H,13,15). The summed E-state index contributed by atoms with van der Waals surface area (Å²) in [4.78, 5) is 11.6. The van der Waals surface area contributed by atoms with Gasteiger partial charge < -0.3 is 15.7 Å². The van der Waals surface area contributed by atoms with Gasteiger partial charge >= 0.3 is 0 Å². The molecule has 1 unspecified atom stereocenters. The van der Waals surface area contributed by atoms with E-state index < -0.39 is 0 Å². The third-order valence-corrected chi connectivity index (χ3v) is 2.93. The Morgan fingerprint density at radius 3 is 2.60 bits per heavy atom. The fraction of sp³-hybridized carbons (Fsp3) is 0.909. The van der Waals surface area contributed by atoms with Crippen molar-refractivity contribution in [2.24, 2.45) is 11.8 Å². The first-order valence-corrected chi connectivity index (χ1v) is 5.74. The van der Waals surface area contributed by atoms with Gasteiger partial charge in [0.05, 0.1) is 0 Å². The monoisotopic (exact) mass is 214 g/mol. The minimum absolute atomic E-state index is 0.107. The van der Waals surface area contributed by atoms with E-state index in [1.54, 1.807) is 0 Å². The van der Waals surface area contributed by atoms with Crippen molar-refractivity contribution < 1.29 is 9.90 Å². The lowest BCUT2D eigenvalue weighted by Gasteiger charge is -2.28. The van der Waals surface area contributed by atoms with Gasteiger partial charge in [-0.2, -0.15) is 0 Å². The SMILES string of the molecule is CC(C)C(CCO)NC(=O)CC1CNC1. The Morgan fingerprint density at radius 2 is 2.20 bits per heavy atom. The van der Waals surface area contributed by atoms with E-state index in [2.05, 4.69) is 24.5 Å². The minimum Gasteiger partial charge on any atom is -0.396 e. The van der Waals surface area contributed by atoms with E-state index in [1.807, 2.05) is 0 Å². The zero-order valence-electron chi connectivity index (χ0n) is 9.62. The van der Waals surface area contributed by atoms with Crippen molar-refractivity contribution in [1.82, 2.24) is 10.6 Å². The molecule has 1 aliphatic heterocycles. The van der Waals surface area contributed by atoms with Crippen LogP contribution in [0.25, 0.3) is 0 Å². The fourth-order valence-corrected chi connectivity index (χ4v) is 1.73. The van der Waals surface area contributed by atoms with Gasteiger partial charge in [-0.05, 0) is 31.3 Å². The average Bonchev–Trinajstić information content (AvgIpc) is 2.10. The predicted molar refractivity (Wildman–Crippen MR) is 59.4 cm³/mol. The van der Waals surface area contributed by atoms with E-state index in [4.69, 9.17) is 5.11 Å². The smallest absolute Gasteiger partial charge is 0.220 e. The summed E-state index contributed by atoms with van der Waals surface area (Å²) >= 11 is 0. The highest BCUT2D eigenvalue weighted by atomic mass is 16.3. The van der Waals surface area contributed by atoms with Crippen LogP contribution in [0.2, 0.25) is 0 Å². The molecule has 0 aliphatic carbocycles. The van der Waals surface area contributed by atoms with E-state index in [9.17, 15) is 4.79 Å². The molecular formula is C11H22N2O2. The van der Waals surface area contributed by atoms with Crippen molar-refractivity contribution in [3.05, 3.63) is 0 Å². The number of carbonyl (C=O) groups is 1. The number of hydrogen-bond acceptors (Lipinski definition) is 3. The quantitative estimate of drug-likeness (QED) is 0.588. The summed E-state index contributed by atoms with van der Waals surface area (Å²) in [5, 5.41) is 15.0. The summed E-state index contributed by atoms with van der Waals surface area (Å²) in [5.74, 6) is 1.00. The van der Waals surface area contributed by atoms with Gasteiger partial charge in [-0.3, -0.25) is 4.79 Å². The molecule has 1 rings (SSSR count). The third-order valence-electron chi connectivity index (χ3n) is 2.93. The second kappa shape index (κ2) is 6.08. The molecule has 3 N–H and O–H groups in total. The maximum atomic E-state index is 11.6. The highest BCUT2D eigenvalue weighted by Gasteiger charge is 2.22. The van der Waals surface area contributed by atoms with Crippen LogP contribution in [0.5, 0.6) is 0 Å². The zero-order valence-corrected chi connectivity index (χ0v) is 9.62. The molecule has 0 bridgehead atoms. The molecule has 0 saturated carbocycles. The van der Waals surface area contributed by atoms with Crippen LogP contribution < -0.4 is 10.6 Å². The van der Waals surface area contributed by atoms with Crippen molar-refractivity contribution in [2.75, 3.05) is 19.7 Å². The molecule has 0 aromatic heterocycles. The average molecular weight is 214 g/mol. The Balaban J connectivity index is 2.25. The topological polar surface area (TPSA) is 61.4 Å². The molecule has 0 aromatic carbocycles. The van der Waals surface area contributed by atoms with Crippen molar-refractivity contribution in [3.63, 3.8) is 0 Å². The highest BCUT2D eigenvalue weighted by molar-refractivity contribution is 5.76. The second-order valence-corrected chi connectivity index (χ2v) is 4.66. The molecule has 1 atom stereocenters. The van der Waals surface area contributed by atoms with Crippen molar-refractivity contribution in [1.29, 1.82) is 0 Å². The molecular weight excluding hydrogens is 192 g/mol. The second-order valence-electron chi connectivity index (χ2n) is 4.66. The van der Waals surface area contributed by atoms with Crippen molar-refractivity contribution >= 4 is 5.91 Å². The van der Waals surface area contributed by atoms with Crippen LogP contribution in [0.15, 0.2) is 0 Å². The molecule has 1 fully saturated rings. The Kier molecular flexibility index (Phi) is 5.05. The normalized spacial score (nSPS) is 18.7. The zero-order chi connectivity index (χ0) is 11.3. The lowest BCUT2D eigenvalue weighted by molar-refractivity contribution is -0.123. The van der Waals surface area contributed by atoms with E-state index in [1.165, 1.54) is 0 Å². The van der Waals surface area contributed by atoms with E-state index >= 15 is 0 Å². The number of aliphatic hydroxyl groups excluding tert-OH is 1. The molecule has 1 heterocycles. The lowest BCUT2D eigenvalue weighted by atomic mass is 9.97. The maximum Gasteiger partial charge on any atom is 0.220 e. The van der Waals surface area contributed by atoms with Crippen LogP contribution in [0.3, 0.4) is 0 Å². The van der Waals surface area contributed by atoms with Gasteiger partial charge in [0.1, 0.15) is 0 Å². The number of rotatable bonds is 6. The Bertz CT molecular complexity index is 203. The molecule has 1 aliphatic rings. The van der Waals surface area contributed by atoms with Gasteiger partial charge in [-0.15, -0.1) is 0 Å². The first-order chi connectivity index (χ1) is 7.13. The fourth-order valence-electron chi connectivity index (χ4n) is 1.73. The van der Waals surface area contributed by atoms with E-state index in [-0.39, 0.29) is 18.6 Å². The molecule has 88 valence electrons. The third kappa shape index (κ3) is 4.18. The molecule has 4 nitrogen and oxygen atoms in total. The van der Waals surface area contributed by atoms with Crippen LogP contribution in [0, 0.1) is 11.8 Å². The van der Waals surface area contributed by atoms with Gasteiger partial charge in [0.25, 0.3) is 0 Å². The molecule has 4 heteroatoms. The maximum absolute atomic E-state index is 11.6. The van der Waals surface area contributed by atoms with Crippen LogP contribution in [0.1, 0.15) is 26.7 Å². The van der Waals surface area contributed by atoms with Crippen LogP contribution >= 0.6 is 0 Å². The summed E-state index contributed by atoms with van der Waals surface area (Å²) in [6, 6.07) is 0.107. The number of aliphatic hydroxyl groups is 1. The first kappa shape index (κ1) is 12.5. The Morgan fingerprint density at radius 1 is 1.53 bits per heavy atom. The molecule has 1 amide bonds. The molecule has 15 heavy (non-hydrogen) atoms. The molecule has 0 aromatic rings. The Labute approximate surface area is 91.4 Å². The number of hydrogen-bond donors (Lipinski definition) is 3. The van der Waals surface area contributed by atoms with Gasteiger partial charge in [0, 0.05) is 19.1 Å². The summed E-state index contributed by atoms with van der Waals surface area (Å²) in [7, 11) is 0. The summed E-state index contributed by atoms with van der Waals surface area (Å²) < 4.78 is 0. The largest absolute Gasteiger partial charge is 0.396 e. The Hall–Kier alpha value is -0.610. The molecule has 0 radical (unpaired) electrons. The van der Waals surface area contributed by atoms with Crippen LogP contribution in [-0.4, -0.2) is 36.8 Å². The molecule has 1 saturated heterocycles. The van der Waals surface area contributed by atoms with Crippen LogP contribution in [-0.2, 0) is 4.79 Å². The lowest BCUT2D eigenvalue weighted by Crippen LogP contribution is -2.46. The summed E-state index contributed by atoms with van der Waals surface area (Å²) in [5.41, 5.74) is 0. The van der Waals surface area contributed by atoms with Gasteiger partial charge in [-0.25, -0.2) is 0 Å². The van der Waals surface area contributed by atoms with Gasteiger partial charge in [0.2, 0.25) is 5.91 Å². The number of carbonyl (C=O) groups excluding carboxylic acids is 1. The number of nitrogens with one attached hydrogen (secondary N) is 2. The predicted octanol–water partition coefficient (Wildman–Crippen LogP) is 0.119.